The number of carbonyl (C=O) groups is 3. The highest BCUT2D eigenvalue weighted by Gasteiger charge is 2.47. The van der Waals surface area contributed by atoms with Crippen LogP contribution >= 0.6 is 0 Å². The first-order valence-corrected chi connectivity index (χ1v) is 16.4. The van der Waals surface area contributed by atoms with Gasteiger partial charge in [-0.1, -0.05) is 40.3 Å². The van der Waals surface area contributed by atoms with Gasteiger partial charge >= 0.3 is 24.6 Å². The highest BCUT2D eigenvalue weighted by Crippen LogP contribution is 2.38. The topological polar surface area (TPSA) is 129 Å². The minimum Gasteiger partial charge on any atom is -0.471 e. The number of alkyl carbamates (subject to hydrolysis) is 1. The van der Waals surface area contributed by atoms with E-state index >= 15 is 8.78 Å². The number of nitrogens with zero attached hydrogens (tertiary/aromatic N) is 3. The number of aromatic nitrogens is 2. The summed E-state index contributed by atoms with van der Waals surface area (Å²) in [5.41, 5.74) is -1.92. The van der Waals surface area contributed by atoms with Gasteiger partial charge in [-0.2, -0.15) is 17.6 Å². The number of alkyl halides is 4. The molecule has 15 heteroatoms. The number of ether oxygens (including phenoxy) is 4. The van der Waals surface area contributed by atoms with Gasteiger partial charge in [0.1, 0.15) is 30.0 Å². The van der Waals surface area contributed by atoms with Gasteiger partial charge in [-0.25, -0.2) is 19.6 Å². The summed E-state index contributed by atoms with van der Waals surface area (Å²) in [6.07, 6.45) is 2.97. The number of rotatable bonds is 13. The predicted octanol–water partition coefficient (Wildman–Crippen LogP) is 6.55. The molecule has 0 radical (unpaired) electrons. The van der Waals surface area contributed by atoms with Gasteiger partial charge in [-0.3, -0.25) is 4.79 Å². The molecule has 1 aliphatic carbocycles. The van der Waals surface area contributed by atoms with Crippen LogP contribution in [0.3, 0.4) is 0 Å². The Labute approximate surface area is 288 Å². The van der Waals surface area contributed by atoms with Gasteiger partial charge in [0.2, 0.25) is 11.8 Å². The van der Waals surface area contributed by atoms with E-state index in [0.717, 1.165) is 38.5 Å². The van der Waals surface area contributed by atoms with Crippen LogP contribution in [0.15, 0.2) is 43.5 Å². The van der Waals surface area contributed by atoms with Crippen molar-refractivity contribution in [2.75, 3.05) is 13.7 Å². The zero-order chi connectivity index (χ0) is 37.0. The highest BCUT2D eigenvalue weighted by molar-refractivity contribution is 5.91. The molecule has 2 aliphatic rings. The Hall–Kier alpha value is -4.43. The van der Waals surface area contributed by atoms with E-state index in [9.17, 15) is 23.2 Å². The smallest absolute Gasteiger partial charge is 0.408 e. The maximum atomic E-state index is 15.1. The normalized spacial score (nSPS) is 23.0. The number of methoxy groups -OCH3 is 1. The molecule has 274 valence electrons. The number of hydrogen-bond acceptors (Lipinski definition) is 9. The van der Waals surface area contributed by atoms with Crippen molar-refractivity contribution >= 4 is 29.0 Å². The molecule has 2 amide bonds. The van der Waals surface area contributed by atoms with Crippen molar-refractivity contribution in [2.45, 2.75) is 96.6 Å². The average Bonchev–Trinajstić information content (AvgIpc) is 3.62. The van der Waals surface area contributed by atoms with Crippen molar-refractivity contribution < 1.29 is 50.9 Å². The van der Waals surface area contributed by atoms with Crippen LogP contribution in [0.4, 0.5) is 22.4 Å². The Morgan fingerprint density at radius 2 is 1.82 bits per heavy atom. The zero-order valence-electron chi connectivity index (χ0n) is 28.8. The lowest BCUT2D eigenvalue weighted by Crippen LogP contribution is -2.57. The lowest BCUT2D eigenvalue weighted by molar-refractivity contribution is -0.152. The molecule has 11 nitrogen and oxygen atoms in total. The number of hydrogen-bond donors (Lipinski definition) is 1. The van der Waals surface area contributed by atoms with Crippen LogP contribution < -0.4 is 14.8 Å². The number of amides is 2. The molecule has 1 aromatic carbocycles. The highest BCUT2D eigenvalue weighted by atomic mass is 19.3. The molecule has 1 aromatic heterocycles. The van der Waals surface area contributed by atoms with E-state index < -0.39 is 65.7 Å². The Morgan fingerprint density at radius 1 is 1.10 bits per heavy atom. The molecular weight excluding hydrogens is 664 g/mol. The largest absolute Gasteiger partial charge is 0.471 e. The summed E-state index contributed by atoms with van der Waals surface area (Å²) >= 11 is 0. The van der Waals surface area contributed by atoms with E-state index in [-0.39, 0.29) is 41.8 Å². The third-order valence-corrected chi connectivity index (χ3v) is 8.94. The van der Waals surface area contributed by atoms with Gasteiger partial charge in [-0.15, -0.1) is 6.58 Å². The molecule has 0 bridgehead atoms. The fourth-order valence-corrected chi connectivity index (χ4v) is 6.47. The van der Waals surface area contributed by atoms with Crippen molar-refractivity contribution in [3.05, 3.63) is 49.2 Å². The van der Waals surface area contributed by atoms with Gasteiger partial charge in [0.15, 0.2) is 5.69 Å². The molecule has 1 N–H and O–H groups in total. The molecule has 1 aliphatic heterocycles. The zero-order valence-corrected chi connectivity index (χ0v) is 28.8. The van der Waals surface area contributed by atoms with Crippen LogP contribution in [0.1, 0.15) is 65.5 Å². The number of esters is 1. The van der Waals surface area contributed by atoms with Gasteiger partial charge in [0, 0.05) is 12.5 Å². The average molecular weight is 709 g/mol. The van der Waals surface area contributed by atoms with E-state index in [4.69, 9.17) is 14.2 Å². The molecule has 1 saturated carbocycles. The quantitative estimate of drug-likeness (QED) is 0.140. The fraction of sp³-hybridized carbons (Fsp3) is 0.571. The van der Waals surface area contributed by atoms with E-state index in [1.807, 2.05) is 6.08 Å². The van der Waals surface area contributed by atoms with Crippen molar-refractivity contribution in [1.82, 2.24) is 20.2 Å². The Morgan fingerprint density at radius 3 is 2.44 bits per heavy atom. The van der Waals surface area contributed by atoms with Crippen molar-refractivity contribution in [3.63, 3.8) is 0 Å². The summed E-state index contributed by atoms with van der Waals surface area (Å²) in [6.45, 7) is 10.8. The number of carbonyl (C=O) groups excluding carboxylic acids is 3. The Balaban J connectivity index is 1.60. The summed E-state index contributed by atoms with van der Waals surface area (Å²) in [5, 5.41) is 2.71. The number of benzene rings is 1. The van der Waals surface area contributed by atoms with Gasteiger partial charge in [0.05, 0.1) is 24.7 Å². The van der Waals surface area contributed by atoms with Crippen LogP contribution in [0, 0.1) is 17.3 Å². The van der Waals surface area contributed by atoms with Crippen molar-refractivity contribution in [2.24, 2.45) is 17.3 Å². The molecule has 0 unspecified atom stereocenters. The lowest BCUT2D eigenvalue weighted by atomic mass is 9.85. The maximum Gasteiger partial charge on any atom is 0.408 e. The first-order chi connectivity index (χ1) is 23.5. The predicted molar refractivity (Wildman–Crippen MR) is 175 cm³/mol. The lowest BCUT2D eigenvalue weighted by Gasteiger charge is -2.35. The van der Waals surface area contributed by atoms with Crippen LogP contribution in [0.2, 0.25) is 0 Å². The molecule has 2 heterocycles. The van der Waals surface area contributed by atoms with E-state index in [0.29, 0.717) is 18.4 Å². The SMILES string of the molecule is C=CCC[C@@H]1C[C@@H](C)C[C@H]1OC(=O)N[C@H](C(=O)N1C[C@H](Oc2nc3cc(OC(F)F)ccc3nc2C(F)(F)C=C)C[C@H]1C(=O)OC)C(C)(C)C. The monoisotopic (exact) mass is 708 g/mol. The summed E-state index contributed by atoms with van der Waals surface area (Å²) in [6, 6.07) is 1.04. The number of halogens is 4. The second-order valence-corrected chi connectivity index (χ2v) is 13.8. The van der Waals surface area contributed by atoms with Crippen LogP contribution in [-0.2, 0) is 25.0 Å². The van der Waals surface area contributed by atoms with E-state index in [2.05, 4.69) is 40.1 Å². The van der Waals surface area contributed by atoms with Crippen molar-refractivity contribution in [3.8, 4) is 11.6 Å². The number of allylic oxidation sites excluding steroid dienone is 2. The molecule has 2 fully saturated rings. The molecule has 0 spiro atoms. The minimum absolute atomic E-state index is 0.0591. The first kappa shape index (κ1) is 38.4. The molecule has 2 aromatic rings. The van der Waals surface area contributed by atoms with Gasteiger partial charge in [-0.05, 0) is 61.1 Å². The summed E-state index contributed by atoms with van der Waals surface area (Å²) < 4.78 is 76.9. The molecular formula is C35H44F4N4O7. The summed E-state index contributed by atoms with van der Waals surface area (Å²) in [7, 11) is 1.14. The number of fused-ring (bicyclic) bond motifs is 1. The molecule has 50 heavy (non-hydrogen) atoms. The second-order valence-electron chi connectivity index (χ2n) is 13.8. The summed E-state index contributed by atoms with van der Waals surface area (Å²) in [4.78, 5) is 49.6. The first-order valence-electron chi connectivity index (χ1n) is 16.4. The summed E-state index contributed by atoms with van der Waals surface area (Å²) in [5.74, 6) is -5.60. The Bertz CT molecular complexity index is 1580. The van der Waals surface area contributed by atoms with Gasteiger partial charge in [0.25, 0.3) is 0 Å². The standard InChI is InChI=1S/C35H44F4N4O7/c1-8-10-11-20-14-19(3)15-26(20)50-33(46)42-28(34(4,5)6)30(44)43-18-22(17-25(43)31(45)47-7)48-29-27(35(38,39)9-2)40-23-13-12-21(49-32(36)37)16-24(23)41-29/h8-9,12-13,16,19-20,22,25-26,28,32H,1-2,10-11,14-15,17-18H2,3-7H3,(H,42,46)/t19-,20-,22-,25+,26-,28-/m1/s1. The van der Waals surface area contributed by atoms with E-state index in [1.165, 1.54) is 11.0 Å². The molecule has 1 saturated heterocycles. The third-order valence-electron chi connectivity index (χ3n) is 8.94. The molecule has 4 rings (SSSR count). The van der Waals surface area contributed by atoms with Crippen LogP contribution in [0.25, 0.3) is 11.0 Å². The Kier molecular flexibility index (Phi) is 12.0. The van der Waals surface area contributed by atoms with Crippen molar-refractivity contribution in [1.29, 1.82) is 0 Å². The van der Waals surface area contributed by atoms with Crippen LogP contribution in [-0.4, -0.2) is 77.4 Å². The maximum absolute atomic E-state index is 15.1. The molecule has 6 atom stereocenters. The minimum atomic E-state index is -3.73. The van der Waals surface area contributed by atoms with Gasteiger partial charge < -0.3 is 29.2 Å². The number of nitrogens with one attached hydrogen (secondary N) is 1. The fourth-order valence-electron chi connectivity index (χ4n) is 6.47. The second kappa shape index (κ2) is 15.6. The third kappa shape index (κ3) is 9.02. The number of likely N-dealkylation sites (tertiary alicyclic amines) is 1. The van der Waals surface area contributed by atoms with E-state index in [1.54, 1.807) is 20.8 Å². The van der Waals surface area contributed by atoms with Crippen LogP contribution in [0.5, 0.6) is 11.6 Å².